The van der Waals surface area contributed by atoms with Crippen LogP contribution in [0.2, 0.25) is 20.1 Å². The fourth-order valence-electron chi connectivity index (χ4n) is 5.49. The summed E-state index contributed by atoms with van der Waals surface area (Å²) in [6.07, 6.45) is 5.14. The molecular weight excluding hydrogens is 664 g/mol. The van der Waals surface area contributed by atoms with Crippen molar-refractivity contribution in [3.63, 3.8) is 0 Å². The van der Waals surface area contributed by atoms with E-state index < -0.39 is 28.1 Å². The summed E-state index contributed by atoms with van der Waals surface area (Å²) in [6.45, 7) is 1.79. The predicted molar refractivity (Wildman–Crippen MR) is 167 cm³/mol. The van der Waals surface area contributed by atoms with Crippen LogP contribution in [0, 0.1) is 22.0 Å². The van der Waals surface area contributed by atoms with E-state index in [1.807, 2.05) is 0 Å². The van der Waals surface area contributed by atoms with Crippen LogP contribution in [-0.4, -0.2) is 23.7 Å². The van der Waals surface area contributed by atoms with Crippen molar-refractivity contribution in [2.75, 3.05) is 5.73 Å². The van der Waals surface area contributed by atoms with Crippen molar-refractivity contribution >= 4 is 57.8 Å². The van der Waals surface area contributed by atoms with Gasteiger partial charge in [0, 0.05) is 43.4 Å². The van der Waals surface area contributed by atoms with Gasteiger partial charge in [-0.2, -0.15) is 8.78 Å². The first-order valence-electron chi connectivity index (χ1n) is 13.8. The van der Waals surface area contributed by atoms with Gasteiger partial charge in [0.25, 0.3) is 16.8 Å². The average molecular weight is 690 g/mol. The molecule has 0 saturated heterocycles. The first-order chi connectivity index (χ1) is 20.9. The first kappa shape index (κ1) is 32.1. The molecule has 0 atom stereocenters. The largest absolute Gasteiger partial charge is 0.398 e. The highest BCUT2D eigenvalue weighted by atomic mass is 35.5. The van der Waals surface area contributed by atoms with Crippen LogP contribution in [0.5, 0.6) is 0 Å². The van der Waals surface area contributed by atoms with Crippen molar-refractivity contribution in [2.45, 2.75) is 64.7 Å². The molecule has 2 N–H and O–H groups in total. The fourth-order valence-corrected chi connectivity index (χ4v) is 6.51. The summed E-state index contributed by atoms with van der Waals surface area (Å²) in [7, 11) is 0. The molecule has 0 amide bonds. The Labute approximate surface area is 269 Å². The normalized spacial score (nSPS) is 14.6. The maximum atomic E-state index is 14.7. The minimum atomic E-state index is -0.726. The van der Waals surface area contributed by atoms with E-state index in [4.69, 9.17) is 52.1 Å². The number of benzene rings is 2. The van der Waals surface area contributed by atoms with E-state index in [9.17, 15) is 28.5 Å². The van der Waals surface area contributed by atoms with Crippen molar-refractivity contribution in [1.29, 1.82) is 0 Å². The number of nitro groups is 1. The van der Waals surface area contributed by atoms with Crippen LogP contribution in [0.15, 0.2) is 33.9 Å². The lowest BCUT2D eigenvalue weighted by Crippen LogP contribution is -2.22. The molecule has 0 spiro atoms. The van der Waals surface area contributed by atoms with Gasteiger partial charge in [0.2, 0.25) is 11.9 Å². The van der Waals surface area contributed by atoms with Crippen LogP contribution < -0.4 is 16.9 Å². The molecule has 10 nitrogen and oxygen atoms in total. The highest BCUT2D eigenvalue weighted by Crippen LogP contribution is 2.37. The lowest BCUT2D eigenvalue weighted by atomic mass is 10.1. The van der Waals surface area contributed by atoms with Gasteiger partial charge in [0.15, 0.2) is 0 Å². The van der Waals surface area contributed by atoms with Crippen LogP contribution in [0.1, 0.15) is 38.5 Å². The molecule has 2 aromatic carbocycles. The van der Waals surface area contributed by atoms with Crippen LogP contribution in [0.4, 0.5) is 20.2 Å². The number of nitro benzene ring substituents is 1. The molecule has 0 fully saturated rings. The number of hydrogen-bond donors (Lipinski definition) is 1. The molecule has 6 rings (SSSR count). The second-order valence-electron chi connectivity index (χ2n) is 10.4. The monoisotopic (exact) mass is 688 g/mol. The molecule has 2 aromatic heterocycles. The van der Waals surface area contributed by atoms with Gasteiger partial charge in [-0.1, -0.05) is 46.4 Å². The smallest absolute Gasteiger partial charge is 0.288 e. The van der Waals surface area contributed by atoms with Crippen LogP contribution in [-0.2, 0) is 26.2 Å². The van der Waals surface area contributed by atoms with E-state index in [2.05, 4.69) is 0 Å². The third-order valence-corrected chi connectivity index (χ3v) is 8.94. The topological polar surface area (TPSA) is 123 Å². The minimum Gasteiger partial charge on any atom is -0.398 e. The first-order valence-corrected chi connectivity index (χ1v) is 15.3. The number of nitrogens with zero attached hydrogens (tertiary/aromatic N) is 5. The van der Waals surface area contributed by atoms with Crippen molar-refractivity contribution in [2.24, 2.45) is 0 Å². The average Bonchev–Trinajstić information content (AvgIpc) is 3.22. The highest BCUT2D eigenvalue weighted by molar-refractivity contribution is 6.38. The number of aromatic nitrogens is 4. The Bertz CT molecular complexity index is 1900. The zero-order valence-electron chi connectivity index (χ0n) is 23.1. The Morgan fingerprint density at radius 3 is 1.50 bits per heavy atom. The maximum Gasteiger partial charge on any atom is 0.288 e. The van der Waals surface area contributed by atoms with Gasteiger partial charge in [-0.25, -0.2) is 9.36 Å². The molecule has 0 saturated carbocycles. The summed E-state index contributed by atoms with van der Waals surface area (Å²) >= 11 is 23.8. The number of hydrogen-bond acceptors (Lipinski definition) is 5. The van der Waals surface area contributed by atoms with Gasteiger partial charge in [-0.15, -0.1) is 0 Å². The summed E-state index contributed by atoms with van der Waals surface area (Å²) in [4.78, 5) is 35.4. The lowest BCUT2D eigenvalue weighted by molar-refractivity contribution is -0.384. The Hall–Kier alpha value is -3.32. The van der Waals surface area contributed by atoms with E-state index in [0.717, 1.165) is 50.7 Å². The number of nitrogens with two attached hydrogens (primary N) is 1. The number of halogens is 6. The number of anilines is 1. The van der Waals surface area contributed by atoms with Gasteiger partial charge in [-0.3, -0.25) is 29.1 Å². The molecule has 234 valence electrons. The predicted octanol–water partition coefficient (Wildman–Crippen LogP) is 7.38. The molecule has 4 aromatic rings. The Morgan fingerprint density at radius 2 is 1.05 bits per heavy atom. The summed E-state index contributed by atoms with van der Waals surface area (Å²) in [5, 5.41) is 11.4. The molecule has 0 unspecified atom stereocenters. The number of fused-ring (bicyclic) bond motifs is 2. The Morgan fingerprint density at radius 1 is 0.636 bits per heavy atom. The molecule has 0 bridgehead atoms. The standard InChI is InChI=1S/C14H12Cl2FN3O3.C14H14Cl2FN3O/c15-9-7-10(16)11(20(22)23)6-8(9)12-13(17)18-4-2-1-3-5-19(18)14(12)21;15-9-7-10(16)11(18)6-8(9)12-13(17)19-4-2-1-3-5-20(19)14(12)21/h6-7H,1-5H2;6-7H,1-5,18H2. The minimum absolute atomic E-state index is 0.00189. The highest BCUT2D eigenvalue weighted by Gasteiger charge is 2.27. The van der Waals surface area contributed by atoms with Crippen LogP contribution in [0.25, 0.3) is 22.3 Å². The SMILES string of the molecule is Nc1cc(-c2c(F)n3n(c2=O)CCCCC3)c(Cl)cc1Cl.O=c1c(-c2cc([N+](=O)[O-])c(Cl)cc2Cl)c(F)n2n1CCCCC2. The van der Waals surface area contributed by atoms with Crippen molar-refractivity contribution < 1.29 is 13.7 Å². The third kappa shape index (κ3) is 5.88. The van der Waals surface area contributed by atoms with Gasteiger partial charge in [-0.05, 0) is 56.7 Å². The molecular formula is C28H26Cl4F2N6O4. The molecule has 0 aliphatic carbocycles. The summed E-state index contributed by atoms with van der Waals surface area (Å²) in [6, 6.07) is 5.08. The van der Waals surface area contributed by atoms with Crippen LogP contribution >= 0.6 is 46.4 Å². The van der Waals surface area contributed by atoms with Gasteiger partial charge >= 0.3 is 0 Å². The summed E-state index contributed by atoms with van der Waals surface area (Å²) in [5.74, 6) is -1.29. The van der Waals surface area contributed by atoms with E-state index in [1.54, 1.807) is 0 Å². The van der Waals surface area contributed by atoms with Crippen LogP contribution in [0.3, 0.4) is 0 Å². The van der Waals surface area contributed by atoms with E-state index in [-0.39, 0.29) is 53.6 Å². The lowest BCUT2D eigenvalue weighted by Gasteiger charge is -2.06. The number of rotatable bonds is 3. The van der Waals surface area contributed by atoms with E-state index in [0.29, 0.717) is 26.2 Å². The molecule has 0 radical (unpaired) electrons. The molecule has 16 heteroatoms. The molecule has 2 aliphatic rings. The number of nitrogen functional groups attached to an aromatic ring is 1. The second-order valence-corrected chi connectivity index (χ2v) is 12.1. The van der Waals surface area contributed by atoms with Crippen molar-refractivity contribution in [1.82, 2.24) is 18.7 Å². The summed E-state index contributed by atoms with van der Waals surface area (Å²) < 4.78 is 34.8. The van der Waals surface area contributed by atoms with Crippen molar-refractivity contribution in [3.8, 4) is 22.3 Å². The van der Waals surface area contributed by atoms with Gasteiger partial charge in [0.1, 0.15) is 16.1 Å². The van der Waals surface area contributed by atoms with Gasteiger partial charge in [0.05, 0.1) is 25.7 Å². The quantitative estimate of drug-likeness (QED) is 0.137. The van der Waals surface area contributed by atoms with Gasteiger partial charge < -0.3 is 5.73 Å². The molecule has 4 heterocycles. The van der Waals surface area contributed by atoms with E-state index in [1.165, 1.54) is 30.9 Å². The zero-order valence-corrected chi connectivity index (χ0v) is 26.1. The Kier molecular flexibility index (Phi) is 9.45. The third-order valence-electron chi connectivity index (χ3n) is 7.68. The zero-order chi connectivity index (χ0) is 31.9. The Balaban J connectivity index is 0.000000175. The second kappa shape index (κ2) is 13.0. The molecule has 44 heavy (non-hydrogen) atoms. The summed E-state index contributed by atoms with van der Waals surface area (Å²) in [5.41, 5.74) is 4.66. The fraction of sp³-hybridized carbons (Fsp3) is 0.357. The maximum absolute atomic E-state index is 14.7. The van der Waals surface area contributed by atoms with E-state index >= 15 is 0 Å². The molecule has 2 aliphatic heterocycles. The van der Waals surface area contributed by atoms with Crippen molar-refractivity contribution in [3.05, 3.63) is 87.1 Å².